The molecule has 0 spiro atoms. The lowest BCUT2D eigenvalue weighted by Crippen LogP contribution is -2.49. The van der Waals surface area contributed by atoms with Gasteiger partial charge >= 0.3 is 0 Å². The van der Waals surface area contributed by atoms with Gasteiger partial charge in [0.15, 0.2) is 0 Å². The number of carbonyl (C=O) groups is 3. The van der Waals surface area contributed by atoms with Crippen molar-refractivity contribution >= 4 is 40.5 Å². The number of H-pyrrole nitrogens is 1. The molecule has 1 aliphatic heterocycles. The molecule has 260 valence electrons. The maximum Gasteiger partial charge on any atom is 0.252 e. The number of aromatic nitrogens is 4. The minimum Gasteiger partial charge on any atom is -0.497 e. The molecule has 0 bridgehead atoms. The summed E-state index contributed by atoms with van der Waals surface area (Å²) in [6.45, 7) is 6.70. The van der Waals surface area contributed by atoms with E-state index in [-0.39, 0.29) is 23.1 Å². The normalized spacial score (nSPS) is 17.9. The highest BCUT2D eigenvalue weighted by Crippen LogP contribution is 2.30. The lowest BCUT2D eigenvalue weighted by atomic mass is 10.1. The summed E-state index contributed by atoms with van der Waals surface area (Å²) in [7, 11) is 0.566. The molecule has 3 aliphatic rings. The van der Waals surface area contributed by atoms with E-state index >= 15 is 0 Å². The molecule has 0 radical (unpaired) electrons. The average Bonchev–Trinajstić information content (AvgIpc) is 3.92. The maximum atomic E-state index is 12.5. The Bertz CT molecular complexity index is 1480. The molecule has 3 fully saturated rings. The monoisotopic (exact) mass is 699 g/mol. The van der Waals surface area contributed by atoms with Crippen molar-refractivity contribution in [3.8, 4) is 27.7 Å². The summed E-state index contributed by atoms with van der Waals surface area (Å²) in [4.78, 5) is 40.3. The van der Waals surface area contributed by atoms with E-state index < -0.39 is 17.1 Å². The number of hydrogen-bond acceptors (Lipinski definition) is 10. The number of allylic oxidation sites excluding steroid dienone is 1. The second-order valence-electron chi connectivity index (χ2n) is 11.6. The molecule has 6 rings (SSSR count). The Balaban J connectivity index is 0.000000179. The Kier molecular flexibility index (Phi) is 14.7. The molecule has 13 nitrogen and oxygen atoms in total. The van der Waals surface area contributed by atoms with Gasteiger partial charge in [-0.2, -0.15) is 15.4 Å². The van der Waals surface area contributed by atoms with Crippen molar-refractivity contribution < 1.29 is 28.1 Å². The quantitative estimate of drug-likeness (QED) is 0.120. The van der Waals surface area contributed by atoms with Crippen LogP contribution < -0.4 is 14.8 Å². The second-order valence-corrected chi connectivity index (χ2v) is 14.0. The number of nitrogens with zero attached hydrogens (tertiary/aromatic N) is 4. The number of aromatic amines is 1. The number of benzene rings is 1. The zero-order valence-electron chi connectivity index (χ0n) is 27.5. The third kappa shape index (κ3) is 11.3. The van der Waals surface area contributed by atoms with Crippen LogP contribution in [0.4, 0.5) is 0 Å². The van der Waals surface area contributed by atoms with Gasteiger partial charge in [0.2, 0.25) is 12.3 Å². The van der Waals surface area contributed by atoms with Gasteiger partial charge in [0.1, 0.15) is 45.3 Å². The SMILES string of the molecule is C=CCCCCO[C@H](C)C(=O)N1CCCC1C(=O)NC1CC1.COc1ccc(-c2n[nH]nc2-c2nccs2)cc1.O=CNS(=O)C1CC1. The maximum absolute atomic E-state index is 12.5. The van der Waals surface area contributed by atoms with E-state index in [2.05, 4.69) is 37.0 Å². The number of nitrogens with one attached hydrogen (secondary N) is 3. The molecule has 1 aromatic carbocycles. The predicted octanol–water partition coefficient (Wildman–Crippen LogP) is 4.18. The number of methoxy groups -OCH3 is 1. The van der Waals surface area contributed by atoms with Gasteiger partial charge in [-0.05, 0) is 89.0 Å². The van der Waals surface area contributed by atoms with Crippen molar-refractivity contribution in [3.63, 3.8) is 0 Å². The summed E-state index contributed by atoms with van der Waals surface area (Å²) in [5.74, 6) is 0.766. The number of unbranched alkanes of at least 4 members (excludes halogenated alkanes) is 2. The number of likely N-dealkylation sites (tertiary alicyclic amines) is 1. The van der Waals surface area contributed by atoms with Crippen molar-refractivity contribution in [2.75, 3.05) is 20.3 Å². The molecule has 48 heavy (non-hydrogen) atoms. The Morgan fingerprint density at radius 2 is 1.90 bits per heavy atom. The minimum atomic E-state index is -1.08. The van der Waals surface area contributed by atoms with Crippen molar-refractivity contribution in [3.05, 3.63) is 48.5 Å². The Labute approximate surface area is 287 Å². The van der Waals surface area contributed by atoms with Gasteiger partial charge in [0.25, 0.3) is 5.91 Å². The molecule has 3 amide bonds. The van der Waals surface area contributed by atoms with E-state index in [0.29, 0.717) is 25.6 Å². The first kappa shape index (κ1) is 36.9. The molecule has 3 aromatic rings. The van der Waals surface area contributed by atoms with Crippen LogP contribution in [0.3, 0.4) is 0 Å². The third-order valence-electron chi connectivity index (χ3n) is 7.82. The topological polar surface area (TPSA) is 168 Å². The molecule has 15 heteroatoms. The first-order valence-corrected chi connectivity index (χ1v) is 18.3. The van der Waals surface area contributed by atoms with E-state index in [0.717, 1.165) is 85.5 Å². The van der Waals surface area contributed by atoms with Crippen LogP contribution in [0.5, 0.6) is 5.75 Å². The first-order valence-electron chi connectivity index (χ1n) is 16.2. The van der Waals surface area contributed by atoms with Crippen molar-refractivity contribution in [1.82, 2.24) is 35.3 Å². The number of thiazole rings is 1. The largest absolute Gasteiger partial charge is 0.497 e. The zero-order valence-corrected chi connectivity index (χ0v) is 29.1. The minimum absolute atomic E-state index is 0.00605. The predicted molar refractivity (Wildman–Crippen MR) is 185 cm³/mol. The molecule has 1 saturated heterocycles. The number of hydrogen-bond donors (Lipinski definition) is 3. The van der Waals surface area contributed by atoms with Gasteiger partial charge in [-0.1, -0.05) is 6.08 Å². The Hall–Kier alpha value is -3.95. The van der Waals surface area contributed by atoms with E-state index in [1.165, 1.54) is 11.3 Å². The van der Waals surface area contributed by atoms with Gasteiger partial charge in [-0.15, -0.1) is 17.9 Å². The standard InChI is InChI=1S/C17H28N2O3.C12H10N4OS.C4H7NO2S/c1-3-4-5-6-12-22-13(2)17(21)19-11-7-8-15(19)16(20)18-14-9-10-14;1-17-9-4-2-8(3-5-9)10-11(15-16-14-10)12-13-6-7-18-12;6-3-5-8(7)4-1-2-4/h3,13-15H,1,4-12H2,2H3,(H,18,20);2-7H,1H3,(H,14,15,16);3-4H,1-2H2,(H,5,6)/t13-,15?;;/m1../s1. The van der Waals surface area contributed by atoms with Gasteiger partial charge in [0, 0.05) is 36.3 Å². The molecular weight excluding hydrogens is 655 g/mol. The van der Waals surface area contributed by atoms with E-state index in [9.17, 15) is 18.6 Å². The lowest BCUT2D eigenvalue weighted by Gasteiger charge is -2.26. The average molecular weight is 700 g/mol. The van der Waals surface area contributed by atoms with E-state index in [4.69, 9.17) is 9.47 Å². The zero-order chi connectivity index (χ0) is 34.3. The van der Waals surface area contributed by atoms with Crippen LogP contribution in [0.2, 0.25) is 0 Å². The van der Waals surface area contributed by atoms with Gasteiger partial charge in [0.05, 0.1) is 12.4 Å². The summed E-state index contributed by atoms with van der Waals surface area (Å²) < 4.78 is 23.5. The second kappa shape index (κ2) is 19.1. The smallest absolute Gasteiger partial charge is 0.252 e. The number of ether oxygens (including phenoxy) is 2. The molecule has 2 unspecified atom stereocenters. The molecule has 3 N–H and O–H groups in total. The molecule has 3 heterocycles. The molecule has 3 atom stereocenters. The fraction of sp³-hybridized carbons (Fsp3) is 0.515. The summed E-state index contributed by atoms with van der Waals surface area (Å²) in [6.07, 6.45) is 12.4. The van der Waals surface area contributed by atoms with Crippen LogP contribution in [-0.2, 0) is 30.1 Å². The highest BCUT2D eigenvalue weighted by atomic mass is 32.2. The Morgan fingerprint density at radius 3 is 2.52 bits per heavy atom. The fourth-order valence-electron chi connectivity index (χ4n) is 4.88. The summed E-state index contributed by atoms with van der Waals surface area (Å²) >= 11 is 1.54. The van der Waals surface area contributed by atoms with Gasteiger partial charge < -0.3 is 19.7 Å². The Morgan fingerprint density at radius 1 is 1.15 bits per heavy atom. The van der Waals surface area contributed by atoms with Crippen LogP contribution in [-0.4, -0.2) is 91.4 Å². The highest BCUT2D eigenvalue weighted by Gasteiger charge is 2.38. The van der Waals surface area contributed by atoms with Crippen LogP contribution in [0.1, 0.15) is 64.7 Å². The van der Waals surface area contributed by atoms with Crippen LogP contribution in [0.25, 0.3) is 22.0 Å². The third-order valence-corrected chi connectivity index (χ3v) is 10.0. The summed E-state index contributed by atoms with van der Waals surface area (Å²) in [5.41, 5.74) is 2.55. The molecule has 2 saturated carbocycles. The van der Waals surface area contributed by atoms with Crippen LogP contribution >= 0.6 is 11.3 Å². The van der Waals surface area contributed by atoms with E-state index in [1.54, 1.807) is 25.1 Å². The van der Waals surface area contributed by atoms with Crippen molar-refractivity contribution in [2.24, 2.45) is 0 Å². The van der Waals surface area contributed by atoms with Crippen LogP contribution in [0, 0.1) is 0 Å². The molecule has 2 aromatic heterocycles. The van der Waals surface area contributed by atoms with Crippen LogP contribution in [0.15, 0.2) is 48.5 Å². The number of amides is 3. The number of rotatable bonds is 15. The highest BCUT2D eigenvalue weighted by molar-refractivity contribution is 7.84. The van der Waals surface area contributed by atoms with Gasteiger partial charge in [-0.3, -0.25) is 19.1 Å². The summed E-state index contributed by atoms with van der Waals surface area (Å²) in [6, 6.07) is 7.73. The van der Waals surface area contributed by atoms with Crippen molar-refractivity contribution in [2.45, 2.75) is 88.1 Å². The lowest BCUT2D eigenvalue weighted by molar-refractivity contribution is -0.147. The van der Waals surface area contributed by atoms with E-state index in [1.807, 2.05) is 35.7 Å². The molecule has 2 aliphatic carbocycles. The van der Waals surface area contributed by atoms with Crippen molar-refractivity contribution in [1.29, 1.82) is 0 Å². The van der Waals surface area contributed by atoms with Gasteiger partial charge in [-0.25, -0.2) is 9.19 Å². The molecular formula is C33H45N7O6S2. The fourth-order valence-corrected chi connectivity index (χ4v) is 6.36. The first-order chi connectivity index (χ1) is 23.4. The summed E-state index contributed by atoms with van der Waals surface area (Å²) in [5, 5.41) is 17.0. The number of carbonyl (C=O) groups excluding carboxylic acids is 3.